The van der Waals surface area contributed by atoms with Crippen molar-refractivity contribution in [3.8, 4) is 23.0 Å². The van der Waals surface area contributed by atoms with Gasteiger partial charge in [-0.1, -0.05) is 60.7 Å². The molecule has 248 valence electrons. The largest absolute Gasteiger partial charge is 0.496 e. The highest BCUT2D eigenvalue weighted by Crippen LogP contribution is 2.39. The van der Waals surface area contributed by atoms with E-state index >= 15 is 0 Å². The normalized spacial score (nSPS) is 10.9. The molecule has 0 spiro atoms. The molecule has 0 atom stereocenters. The maximum Gasteiger partial charge on any atom is 0.336 e. The number of aliphatic hydroxyl groups is 4. The summed E-state index contributed by atoms with van der Waals surface area (Å²) >= 11 is 0. The highest BCUT2D eigenvalue weighted by atomic mass is 16.5. The third kappa shape index (κ3) is 7.48. The number of aliphatic hydroxyl groups excluding tert-OH is 4. The van der Waals surface area contributed by atoms with Gasteiger partial charge in [0.15, 0.2) is 23.1 Å². The molecule has 4 N–H and O–H groups in total. The summed E-state index contributed by atoms with van der Waals surface area (Å²) in [7, 11) is 2.54. The van der Waals surface area contributed by atoms with E-state index in [9.17, 15) is 39.6 Å². The molecule has 4 rings (SSSR count). The average molecular weight is 657 g/mol. The van der Waals surface area contributed by atoms with Crippen molar-refractivity contribution in [2.75, 3.05) is 14.2 Å². The molecule has 0 unspecified atom stereocenters. The van der Waals surface area contributed by atoms with E-state index in [1.165, 1.54) is 50.6 Å². The van der Waals surface area contributed by atoms with Gasteiger partial charge in [0, 0.05) is 34.4 Å². The van der Waals surface area contributed by atoms with E-state index in [0.717, 1.165) is 0 Å². The Morgan fingerprint density at radius 2 is 0.896 bits per heavy atom. The first-order valence-electron chi connectivity index (χ1n) is 14.4. The zero-order valence-electron chi connectivity index (χ0n) is 26.0. The van der Waals surface area contributed by atoms with Gasteiger partial charge < -0.3 is 39.4 Å². The van der Waals surface area contributed by atoms with Crippen LogP contribution in [0.1, 0.15) is 54.1 Å². The SMILES string of the molecule is COc1c(CO)cc(C(=O)c2ccccc2)c(OC(=O)/C=C\C(=O)Oc2c(C(=O)c3ccccc3)cc(CO)c(OC)c2CO)c1CO. The number of benzene rings is 4. The van der Waals surface area contributed by atoms with Gasteiger partial charge >= 0.3 is 11.9 Å². The molecule has 0 bridgehead atoms. The predicted octanol–water partition coefficient (Wildman–Crippen LogP) is 3.20. The van der Waals surface area contributed by atoms with Crippen molar-refractivity contribution in [1.29, 1.82) is 0 Å². The van der Waals surface area contributed by atoms with Crippen molar-refractivity contribution >= 4 is 23.5 Å². The van der Waals surface area contributed by atoms with E-state index in [1.54, 1.807) is 36.4 Å². The van der Waals surface area contributed by atoms with E-state index in [-0.39, 0.29) is 67.5 Å². The molecule has 0 aliphatic heterocycles. The molecule has 0 aliphatic rings. The highest BCUT2D eigenvalue weighted by molar-refractivity contribution is 6.12. The molecule has 0 radical (unpaired) electrons. The summed E-state index contributed by atoms with van der Waals surface area (Å²) in [6, 6.07) is 18.6. The quantitative estimate of drug-likeness (QED) is 0.0673. The molecule has 0 aromatic heterocycles. The molecule has 0 aliphatic carbocycles. The van der Waals surface area contributed by atoms with Crippen LogP contribution in [0.4, 0.5) is 0 Å². The molecule has 0 saturated heterocycles. The van der Waals surface area contributed by atoms with E-state index in [2.05, 4.69) is 0 Å². The van der Waals surface area contributed by atoms with Crippen LogP contribution < -0.4 is 18.9 Å². The van der Waals surface area contributed by atoms with Crippen LogP contribution in [0.5, 0.6) is 23.0 Å². The lowest BCUT2D eigenvalue weighted by Crippen LogP contribution is -2.16. The van der Waals surface area contributed by atoms with Crippen LogP contribution >= 0.6 is 0 Å². The van der Waals surface area contributed by atoms with E-state index in [4.69, 9.17) is 18.9 Å². The Labute approximate surface area is 275 Å². The highest BCUT2D eigenvalue weighted by Gasteiger charge is 2.27. The fraction of sp³-hybridized carbons (Fsp3) is 0.167. The number of rotatable bonds is 14. The summed E-state index contributed by atoms with van der Waals surface area (Å²) in [5.74, 6) is -4.21. The van der Waals surface area contributed by atoms with Gasteiger partial charge in [-0.15, -0.1) is 0 Å². The number of carbonyl (C=O) groups excluding carboxylic acids is 4. The Bertz CT molecular complexity index is 1710. The predicted molar refractivity (Wildman–Crippen MR) is 170 cm³/mol. The number of hydrogen-bond acceptors (Lipinski definition) is 12. The zero-order chi connectivity index (χ0) is 34.8. The van der Waals surface area contributed by atoms with Crippen molar-refractivity contribution in [3.63, 3.8) is 0 Å². The number of ketones is 2. The summed E-state index contributed by atoms with van der Waals surface area (Å²) in [5, 5.41) is 40.2. The minimum atomic E-state index is -1.15. The van der Waals surface area contributed by atoms with Crippen LogP contribution in [0.3, 0.4) is 0 Å². The van der Waals surface area contributed by atoms with E-state index < -0.39 is 49.9 Å². The van der Waals surface area contributed by atoms with Crippen LogP contribution in [-0.2, 0) is 36.0 Å². The van der Waals surface area contributed by atoms with Crippen molar-refractivity contribution in [2.45, 2.75) is 26.4 Å². The Balaban J connectivity index is 1.70. The summed E-state index contributed by atoms with van der Waals surface area (Å²) in [6.07, 6.45) is 1.40. The fourth-order valence-corrected chi connectivity index (χ4v) is 5.03. The van der Waals surface area contributed by atoms with Gasteiger partial charge in [0.05, 0.1) is 62.9 Å². The second-order valence-electron chi connectivity index (χ2n) is 10.0. The third-order valence-electron chi connectivity index (χ3n) is 7.19. The first-order chi connectivity index (χ1) is 23.2. The molecule has 12 heteroatoms. The van der Waals surface area contributed by atoms with Crippen LogP contribution in [0.25, 0.3) is 0 Å². The second kappa shape index (κ2) is 16.3. The average Bonchev–Trinajstić information content (AvgIpc) is 3.13. The van der Waals surface area contributed by atoms with Gasteiger partial charge in [0.1, 0.15) is 11.5 Å². The number of carbonyl (C=O) groups is 4. The van der Waals surface area contributed by atoms with Gasteiger partial charge in [-0.2, -0.15) is 0 Å². The summed E-state index contributed by atoms with van der Waals surface area (Å²) in [6.45, 7) is -2.59. The van der Waals surface area contributed by atoms with Gasteiger partial charge in [-0.05, 0) is 12.1 Å². The molecule has 0 amide bonds. The lowest BCUT2D eigenvalue weighted by molar-refractivity contribution is -0.131. The molecule has 0 saturated carbocycles. The van der Waals surface area contributed by atoms with Gasteiger partial charge in [-0.3, -0.25) is 9.59 Å². The van der Waals surface area contributed by atoms with Crippen molar-refractivity contribution in [3.05, 3.63) is 129 Å². The molecule has 12 nitrogen and oxygen atoms in total. The monoisotopic (exact) mass is 656 g/mol. The smallest absolute Gasteiger partial charge is 0.336 e. The third-order valence-corrected chi connectivity index (χ3v) is 7.19. The van der Waals surface area contributed by atoms with Crippen LogP contribution in [0, 0.1) is 0 Å². The summed E-state index contributed by atoms with van der Waals surface area (Å²) < 4.78 is 21.6. The lowest BCUT2D eigenvalue weighted by atomic mass is 9.96. The van der Waals surface area contributed by atoms with Crippen molar-refractivity contribution < 1.29 is 58.6 Å². The number of ether oxygens (including phenoxy) is 4. The van der Waals surface area contributed by atoms with E-state index in [0.29, 0.717) is 12.2 Å². The second-order valence-corrected chi connectivity index (χ2v) is 10.0. The van der Waals surface area contributed by atoms with E-state index in [1.807, 2.05) is 0 Å². The molecular weight excluding hydrogens is 624 g/mol. The first kappa shape index (κ1) is 35.2. The molecule has 4 aromatic carbocycles. The molecule has 4 aromatic rings. The summed E-state index contributed by atoms with van der Waals surface area (Å²) in [5.41, 5.74) is 0.260. The van der Waals surface area contributed by atoms with Gasteiger partial charge in [-0.25, -0.2) is 9.59 Å². The van der Waals surface area contributed by atoms with Crippen molar-refractivity contribution in [1.82, 2.24) is 0 Å². The lowest BCUT2D eigenvalue weighted by Gasteiger charge is -2.19. The maximum atomic E-state index is 13.4. The first-order valence-corrected chi connectivity index (χ1v) is 14.4. The molecule has 0 heterocycles. The van der Waals surface area contributed by atoms with Crippen molar-refractivity contribution in [2.24, 2.45) is 0 Å². The van der Waals surface area contributed by atoms with Crippen LogP contribution in [-0.4, -0.2) is 58.2 Å². The molecule has 0 fully saturated rings. The zero-order valence-corrected chi connectivity index (χ0v) is 26.0. The molecule has 48 heavy (non-hydrogen) atoms. The number of esters is 2. The Kier molecular flexibility index (Phi) is 11.9. The standard InChI is InChI=1S/C36H32O12/c1-45-33-23(17-37)15-25(31(43)21-9-5-3-6-10-21)35(27(33)19-39)47-29(41)13-14-30(42)48-36-26(32(44)22-11-7-4-8-12-22)16-24(18-38)34(46-2)28(36)20-40/h3-16,37-40H,17-20H2,1-2H3/b14-13-. The summed E-state index contributed by atoms with van der Waals surface area (Å²) in [4.78, 5) is 52.9. The van der Waals surface area contributed by atoms with Gasteiger partial charge in [0.25, 0.3) is 0 Å². The minimum absolute atomic E-state index is 0.0109. The Morgan fingerprint density at radius 3 is 1.19 bits per heavy atom. The minimum Gasteiger partial charge on any atom is -0.496 e. The fourth-order valence-electron chi connectivity index (χ4n) is 5.03. The van der Waals surface area contributed by atoms with Gasteiger partial charge in [0.2, 0.25) is 0 Å². The number of methoxy groups -OCH3 is 2. The topological polar surface area (TPSA) is 186 Å². The van der Waals surface area contributed by atoms with Crippen LogP contribution in [0.2, 0.25) is 0 Å². The van der Waals surface area contributed by atoms with Crippen LogP contribution in [0.15, 0.2) is 84.9 Å². The molecular formula is C36H32O12. The maximum absolute atomic E-state index is 13.4. The Hall–Kier alpha value is -5.66. The number of hydrogen-bond donors (Lipinski definition) is 4. The Morgan fingerprint density at radius 1 is 0.542 bits per heavy atom.